The van der Waals surface area contributed by atoms with Gasteiger partial charge in [-0.05, 0) is 68.1 Å². The number of urea groups is 1. The SMILES string of the molecule is COc1ccc(CN(C)C[C@@H]2Oc3c(NC(=O)Nc4ccc(OC)cc4)cccc3C(=O)N([C@H](C)CO)C[C@H]2C)cc1. The van der Waals surface area contributed by atoms with Gasteiger partial charge in [-0.1, -0.05) is 25.1 Å². The summed E-state index contributed by atoms with van der Waals surface area (Å²) < 4.78 is 17.1. The summed E-state index contributed by atoms with van der Waals surface area (Å²) in [5.41, 5.74) is 2.41. The Kier molecular flexibility index (Phi) is 10.3. The first-order valence-corrected chi connectivity index (χ1v) is 14.0. The van der Waals surface area contributed by atoms with E-state index in [1.54, 1.807) is 61.6 Å². The van der Waals surface area contributed by atoms with Gasteiger partial charge < -0.3 is 34.9 Å². The van der Waals surface area contributed by atoms with Crippen molar-refractivity contribution in [1.82, 2.24) is 9.80 Å². The summed E-state index contributed by atoms with van der Waals surface area (Å²) in [6.45, 7) is 5.35. The number of fused-ring (bicyclic) bond motifs is 1. The highest BCUT2D eigenvalue weighted by Gasteiger charge is 2.34. The Morgan fingerprint density at radius 1 is 1.05 bits per heavy atom. The molecule has 0 saturated carbocycles. The van der Waals surface area contributed by atoms with Gasteiger partial charge in [-0.15, -0.1) is 0 Å². The fourth-order valence-corrected chi connectivity index (χ4v) is 4.93. The van der Waals surface area contributed by atoms with Gasteiger partial charge in [0.2, 0.25) is 0 Å². The molecular weight excluding hydrogens is 536 g/mol. The third-order valence-electron chi connectivity index (χ3n) is 7.39. The van der Waals surface area contributed by atoms with E-state index in [-0.39, 0.29) is 24.5 Å². The van der Waals surface area contributed by atoms with Gasteiger partial charge in [-0.3, -0.25) is 9.69 Å². The summed E-state index contributed by atoms with van der Waals surface area (Å²) >= 11 is 0. The molecule has 3 aromatic carbocycles. The Labute approximate surface area is 247 Å². The molecule has 0 saturated heterocycles. The van der Waals surface area contributed by atoms with Crippen LogP contribution in [0.1, 0.15) is 29.8 Å². The number of likely N-dealkylation sites (N-methyl/N-ethyl adjacent to an activating group) is 1. The van der Waals surface area contributed by atoms with E-state index in [1.807, 2.05) is 45.2 Å². The Balaban J connectivity index is 1.60. The van der Waals surface area contributed by atoms with Gasteiger partial charge in [-0.25, -0.2) is 4.79 Å². The zero-order valence-corrected chi connectivity index (χ0v) is 24.8. The molecule has 10 heteroatoms. The van der Waals surface area contributed by atoms with E-state index >= 15 is 0 Å². The van der Waals surface area contributed by atoms with Gasteiger partial charge in [0.05, 0.1) is 38.1 Å². The van der Waals surface area contributed by atoms with Crippen LogP contribution in [0.25, 0.3) is 0 Å². The molecule has 0 radical (unpaired) electrons. The predicted molar refractivity (Wildman–Crippen MR) is 163 cm³/mol. The molecule has 0 unspecified atom stereocenters. The van der Waals surface area contributed by atoms with Crippen molar-refractivity contribution in [1.29, 1.82) is 0 Å². The van der Waals surface area contributed by atoms with Gasteiger partial charge in [0.15, 0.2) is 5.75 Å². The molecule has 3 aromatic rings. The number of aliphatic hydroxyl groups is 1. The van der Waals surface area contributed by atoms with Crippen molar-refractivity contribution in [3.8, 4) is 17.2 Å². The summed E-state index contributed by atoms with van der Waals surface area (Å²) in [4.78, 5) is 30.6. The second-order valence-corrected chi connectivity index (χ2v) is 10.7. The minimum absolute atomic E-state index is 0.0735. The highest BCUT2D eigenvalue weighted by molar-refractivity contribution is 6.04. The molecule has 10 nitrogen and oxygen atoms in total. The van der Waals surface area contributed by atoms with Crippen molar-refractivity contribution >= 4 is 23.3 Å². The van der Waals surface area contributed by atoms with E-state index in [1.165, 1.54) is 0 Å². The molecule has 1 aliphatic rings. The second kappa shape index (κ2) is 14.1. The molecule has 0 spiro atoms. The lowest BCUT2D eigenvalue weighted by molar-refractivity contribution is 0.0343. The zero-order chi connectivity index (χ0) is 30.2. The molecule has 0 aromatic heterocycles. The third kappa shape index (κ3) is 7.51. The normalized spacial score (nSPS) is 17.4. The average molecular weight is 577 g/mol. The Hall–Kier alpha value is -4.28. The van der Waals surface area contributed by atoms with Gasteiger partial charge in [0.25, 0.3) is 5.91 Å². The summed E-state index contributed by atoms with van der Waals surface area (Å²) in [7, 11) is 5.24. The number of carbonyl (C=O) groups is 2. The maximum Gasteiger partial charge on any atom is 0.323 e. The van der Waals surface area contributed by atoms with Crippen molar-refractivity contribution in [3.05, 3.63) is 77.9 Å². The molecule has 1 heterocycles. The number of anilines is 2. The summed E-state index contributed by atoms with van der Waals surface area (Å²) in [5.74, 6) is 1.44. The first-order chi connectivity index (χ1) is 20.2. The third-order valence-corrected chi connectivity index (χ3v) is 7.39. The smallest absolute Gasteiger partial charge is 0.323 e. The number of methoxy groups -OCH3 is 2. The largest absolute Gasteiger partial charge is 0.497 e. The standard InChI is InChI=1S/C32H40N4O6/c1-21-17-36(22(2)20-37)31(38)27-7-6-8-28(34-32(39)33-24-11-15-26(41-5)16-12-24)30(27)42-29(21)19-35(3)18-23-9-13-25(40-4)14-10-23/h6-16,21-22,29,37H,17-20H2,1-5H3,(H2,33,34,39)/t21-,22-,29+/m1/s1. The van der Waals surface area contributed by atoms with Crippen LogP contribution < -0.4 is 24.8 Å². The van der Waals surface area contributed by atoms with Crippen LogP contribution in [-0.2, 0) is 6.54 Å². The molecule has 3 atom stereocenters. The van der Waals surface area contributed by atoms with Gasteiger partial charge in [-0.2, -0.15) is 0 Å². The number of rotatable bonds is 10. The van der Waals surface area contributed by atoms with Crippen LogP contribution in [0.15, 0.2) is 66.7 Å². The molecule has 0 fully saturated rings. The van der Waals surface area contributed by atoms with Crippen molar-refractivity contribution < 1.29 is 28.9 Å². The minimum atomic E-state index is -0.478. The summed E-state index contributed by atoms with van der Waals surface area (Å²) in [6, 6.07) is 19.1. The molecule has 0 bridgehead atoms. The van der Waals surface area contributed by atoms with Crippen LogP contribution in [0, 0.1) is 5.92 Å². The average Bonchev–Trinajstić information content (AvgIpc) is 2.99. The molecule has 42 heavy (non-hydrogen) atoms. The number of para-hydroxylation sites is 1. The number of nitrogens with one attached hydrogen (secondary N) is 2. The second-order valence-electron chi connectivity index (χ2n) is 10.7. The molecule has 1 aliphatic heterocycles. The van der Waals surface area contributed by atoms with Crippen molar-refractivity contribution in [2.75, 3.05) is 51.6 Å². The molecular formula is C32H40N4O6. The fourth-order valence-electron chi connectivity index (χ4n) is 4.93. The number of carbonyl (C=O) groups excluding carboxylic acids is 2. The van der Waals surface area contributed by atoms with Crippen LogP contribution in [0.2, 0.25) is 0 Å². The number of amides is 3. The van der Waals surface area contributed by atoms with Crippen molar-refractivity contribution in [2.24, 2.45) is 5.92 Å². The van der Waals surface area contributed by atoms with Crippen LogP contribution in [-0.4, -0.2) is 80.0 Å². The van der Waals surface area contributed by atoms with E-state index in [0.717, 1.165) is 11.3 Å². The molecule has 4 rings (SSSR count). The monoisotopic (exact) mass is 576 g/mol. The number of benzene rings is 3. The number of hydrogen-bond acceptors (Lipinski definition) is 7. The summed E-state index contributed by atoms with van der Waals surface area (Å²) in [6.07, 6.45) is -0.318. The lowest BCUT2D eigenvalue weighted by atomic mass is 9.99. The van der Waals surface area contributed by atoms with Gasteiger partial charge >= 0.3 is 6.03 Å². The maximum atomic E-state index is 13.7. The van der Waals surface area contributed by atoms with Crippen LogP contribution in [0.3, 0.4) is 0 Å². The lowest BCUT2D eigenvalue weighted by Crippen LogP contribution is -2.49. The van der Waals surface area contributed by atoms with Gasteiger partial charge in [0.1, 0.15) is 17.6 Å². The van der Waals surface area contributed by atoms with Crippen LogP contribution in [0.5, 0.6) is 17.2 Å². The van der Waals surface area contributed by atoms with E-state index in [2.05, 4.69) is 15.5 Å². The quantitative estimate of drug-likeness (QED) is 0.321. The Bertz CT molecular complexity index is 1350. The number of aliphatic hydroxyl groups excluding tert-OH is 1. The topological polar surface area (TPSA) is 113 Å². The number of nitrogens with zero attached hydrogens (tertiary/aromatic N) is 2. The van der Waals surface area contributed by atoms with Crippen LogP contribution in [0.4, 0.5) is 16.2 Å². The fraction of sp³-hybridized carbons (Fsp3) is 0.375. The number of ether oxygens (including phenoxy) is 3. The highest BCUT2D eigenvalue weighted by Crippen LogP contribution is 2.35. The van der Waals surface area contributed by atoms with Crippen molar-refractivity contribution in [3.63, 3.8) is 0 Å². The predicted octanol–water partition coefficient (Wildman–Crippen LogP) is 4.70. The Morgan fingerprint density at radius 2 is 1.69 bits per heavy atom. The lowest BCUT2D eigenvalue weighted by Gasteiger charge is -2.38. The molecule has 3 N–H and O–H groups in total. The zero-order valence-electron chi connectivity index (χ0n) is 24.8. The molecule has 224 valence electrons. The van der Waals surface area contributed by atoms with Crippen LogP contribution >= 0.6 is 0 Å². The first-order valence-electron chi connectivity index (χ1n) is 14.0. The van der Waals surface area contributed by atoms with E-state index in [4.69, 9.17) is 14.2 Å². The minimum Gasteiger partial charge on any atom is -0.497 e. The van der Waals surface area contributed by atoms with Gasteiger partial charge in [0, 0.05) is 31.2 Å². The Morgan fingerprint density at radius 3 is 2.31 bits per heavy atom. The van der Waals surface area contributed by atoms with E-state index < -0.39 is 12.1 Å². The van der Waals surface area contributed by atoms with Crippen molar-refractivity contribution in [2.45, 2.75) is 32.5 Å². The molecule has 3 amide bonds. The highest BCUT2D eigenvalue weighted by atomic mass is 16.5. The summed E-state index contributed by atoms with van der Waals surface area (Å²) in [5, 5.41) is 15.6. The first kappa shape index (κ1) is 30.7. The maximum absolute atomic E-state index is 13.7. The molecule has 0 aliphatic carbocycles. The number of hydrogen-bond donors (Lipinski definition) is 3. The van der Waals surface area contributed by atoms with E-state index in [9.17, 15) is 14.7 Å². The van der Waals surface area contributed by atoms with E-state index in [0.29, 0.717) is 48.1 Å².